The van der Waals surface area contributed by atoms with Crippen molar-refractivity contribution in [1.82, 2.24) is 19.3 Å². The number of imidazole rings is 1. The van der Waals surface area contributed by atoms with Gasteiger partial charge in [-0.15, -0.1) is 0 Å². The van der Waals surface area contributed by atoms with Gasteiger partial charge in [0.25, 0.3) is 0 Å². The Hall–Kier alpha value is -3.61. The smallest absolute Gasteiger partial charge is 0.312 e. The third kappa shape index (κ3) is 3.85. The average molecular weight is 390 g/mol. The molecule has 0 aliphatic rings. The van der Waals surface area contributed by atoms with Crippen LogP contribution in [0.1, 0.15) is 11.3 Å². The summed E-state index contributed by atoms with van der Waals surface area (Å²) in [5.41, 5.74) is 5.25. The van der Waals surface area contributed by atoms with Gasteiger partial charge in [0, 0.05) is 25.4 Å². The number of hydrogen-bond acceptors (Lipinski definition) is 5. The molecule has 0 unspecified atom stereocenters. The molecule has 0 radical (unpaired) electrons. The molecule has 148 valence electrons. The summed E-state index contributed by atoms with van der Waals surface area (Å²) in [4.78, 5) is 16.7. The first-order valence-electron chi connectivity index (χ1n) is 9.27. The Labute approximate surface area is 168 Å². The molecule has 0 spiro atoms. The van der Waals surface area contributed by atoms with Crippen LogP contribution >= 0.6 is 0 Å². The van der Waals surface area contributed by atoms with E-state index in [9.17, 15) is 4.79 Å². The first kappa shape index (κ1) is 18.7. The van der Waals surface area contributed by atoms with Crippen molar-refractivity contribution in [3.63, 3.8) is 0 Å². The Morgan fingerprint density at radius 2 is 1.93 bits per heavy atom. The van der Waals surface area contributed by atoms with E-state index in [0.29, 0.717) is 0 Å². The van der Waals surface area contributed by atoms with Gasteiger partial charge < -0.3 is 14.0 Å². The molecule has 7 heteroatoms. The van der Waals surface area contributed by atoms with Crippen LogP contribution in [0.2, 0.25) is 0 Å². The largest absolute Gasteiger partial charge is 0.496 e. The zero-order valence-corrected chi connectivity index (χ0v) is 16.6. The quantitative estimate of drug-likeness (QED) is 0.473. The van der Waals surface area contributed by atoms with Gasteiger partial charge in [-0.3, -0.25) is 9.48 Å². The van der Waals surface area contributed by atoms with E-state index in [1.165, 1.54) is 0 Å². The molecule has 2 aromatic heterocycles. The molecule has 0 amide bonds. The van der Waals surface area contributed by atoms with Gasteiger partial charge >= 0.3 is 5.97 Å². The minimum atomic E-state index is -0.305. The maximum atomic E-state index is 12.4. The monoisotopic (exact) mass is 390 g/mol. The van der Waals surface area contributed by atoms with E-state index in [4.69, 9.17) is 9.47 Å². The highest BCUT2D eigenvalue weighted by molar-refractivity contribution is 5.76. The Kier molecular flexibility index (Phi) is 5.03. The first-order chi connectivity index (χ1) is 14.0. The second kappa shape index (κ2) is 7.79. The number of fused-ring (bicyclic) bond motifs is 1. The van der Waals surface area contributed by atoms with Crippen molar-refractivity contribution in [3.8, 4) is 17.0 Å². The fourth-order valence-electron chi connectivity index (χ4n) is 3.29. The summed E-state index contributed by atoms with van der Waals surface area (Å²) in [7, 11) is 5.39. The number of carbonyl (C=O) groups is 1. The van der Waals surface area contributed by atoms with Crippen LogP contribution in [-0.4, -0.2) is 32.4 Å². The Bertz CT molecular complexity index is 1180. The first-order valence-corrected chi connectivity index (χ1v) is 9.27. The third-order valence-electron chi connectivity index (χ3n) is 4.87. The fourth-order valence-corrected chi connectivity index (χ4v) is 3.29. The number of aryl methyl sites for hydroxylation is 2. The van der Waals surface area contributed by atoms with Gasteiger partial charge in [0.15, 0.2) is 0 Å². The number of methoxy groups -OCH3 is 1. The topological polar surface area (TPSA) is 71.2 Å². The molecule has 0 fully saturated rings. The molecule has 2 heterocycles. The molecular weight excluding hydrogens is 368 g/mol. The van der Waals surface area contributed by atoms with Crippen LogP contribution in [0.5, 0.6) is 5.75 Å². The van der Waals surface area contributed by atoms with Crippen molar-refractivity contribution < 1.29 is 14.3 Å². The predicted molar refractivity (Wildman–Crippen MR) is 109 cm³/mol. The molecule has 2 aromatic carbocycles. The Morgan fingerprint density at radius 1 is 1.10 bits per heavy atom. The third-order valence-corrected chi connectivity index (χ3v) is 4.87. The molecule has 0 N–H and O–H groups in total. The van der Waals surface area contributed by atoms with Gasteiger partial charge in [-0.2, -0.15) is 5.10 Å². The molecule has 0 saturated heterocycles. The van der Waals surface area contributed by atoms with Crippen molar-refractivity contribution in [2.24, 2.45) is 14.1 Å². The van der Waals surface area contributed by atoms with Crippen molar-refractivity contribution in [3.05, 3.63) is 66.1 Å². The van der Waals surface area contributed by atoms with Crippen LogP contribution in [0.25, 0.3) is 22.3 Å². The maximum absolute atomic E-state index is 12.4. The van der Waals surface area contributed by atoms with Crippen LogP contribution in [0.4, 0.5) is 0 Å². The molecule has 0 saturated carbocycles. The highest BCUT2D eigenvalue weighted by Gasteiger charge is 2.15. The van der Waals surface area contributed by atoms with Gasteiger partial charge in [0.05, 0.1) is 36.6 Å². The summed E-state index contributed by atoms with van der Waals surface area (Å²) in [6.07, 6.45) is 1.91. The summed E-state index contributed by atoms with van der Waals surface area (Å²) in [5, 5.41) is 4.52. The van der Waals surface area contributed by atoms with Crippen LogP contribution < -0.4 is 4.74 Å². The van der Waals surface area contributed by atoms with Crippen molar-refractivity contribution in [1.29, 1.82) is 0 Å². The predicted octanol–water partition coefficient (Wildman–Crippen LogP) is 3.27. The highest BCUT2D eigenvalue weighted by Crippen LogP contribution is 2.29. The van der Waals surface area contributed by atoms with E-state index in [-0.39, 0.29) is 19.0 Å². The molecule has 7 nitrogen and oxygen atoms in total. The molecular formula is C22H22N4O3. The summed E-state index contributed by atoms with van der Waals surface area (Å²) in [6, 6.07) is 15.4. The van der Waals surface area contributed by atoms with Crippen LogP contribution in [0.15, 0.2) is 54.9 Å². The fraction of sp³-hybridized carbons (Fsp3) is 0.227. The highest BCUT2D eigenvalue weighted by atomic mass is 16.5. The zero-order valence-electron chi connectivity index (χ0n) is 16.6. The van der Waals surface area contributed by atoms with Crippen LogP contribution in [-0.2, 0) is 36.7 Å². The summed E-state index contributed by atoms with van der Waals surface area (Å²) >= 11 is 0. The summed E-state index contributed by atoms with van der Waals surface area (Å²) < 4.78 is 14.5. The van der Waals surface area contributed by atoms with Gasteiger partial charge in [-0.25, -0.2) is 4.98 Å². The number of carbonyl (C=O) groups excluding carboxylic acids is 1. The number of benzene rings is 2. The van der Waals surface area contributed by atoms with Gasteiger partial charge in [-0.05, 0) is 35.9 Å². The summed E-state index contributed by atoms with van der Waals surface area (Å²) in [5.74, 6) is 0.435. The number of esters is 1. The lowest BCUT2D eigenvalue weighted by Crippen LogP contribution is -2.11. The minimum absolute atomic E-state index is 0.143. The summed E-state index contributed by atoms with van der Waals surface area (Å²) in [6.45, 7) is 0.211. The van der Waals surface area contributed by atoms with E-state index in [1.54, 1.807) is 18.1 Å². The Balaban J connectivity index is 1.43. The normalized spacial score (nSPS) is 11.0. The lowest BCUT2D eigenvalue weighted by molar-refractivity contribution is -0.144. The lowest BCUT2D eigenvalue weighted by Gasteiger charge is -2.05. The van der Waals surface area contributed by atoms with E-state index in [1.807, 2.05) is 67.2 Å². The standard InChI is InChI=1S/C22H22N4O3/c1-25-14-23-19-10-15(8-9-20(19)25)13-29-22(27)12-16-11-18(24-26(16)2)17-6-4-5-7-21(17)28-3/h4-11,14H,12-13H2,1-3H3. The SMILES string of the molecule is COc1ccccc1-c1cc(CC(=O)OCc2ccc3c(c2)ncn3C)n(C)n1. The van der Waals surface area contributed by atoms with Crippen LogP contribution in [0, 0.1) is 0 Å². The van der Waals surface area contributed by atoms with E-state index in [0.717, 1.165) is 39.3 Å². The van der Waals surface area contributed by atoms with E-state index < -0.39 is 0 Å². The van der Waals surface area contributed by atoms with Gasteiger partial charge in [0.2, 0.25) is 0 Å². The number of rotatable bonds is 6. The second-order valence-electron chi connectivity index (χ2n) is 6.86. The second-order valence-corrected chi connectivity index (χ2v) is 6.86. The molecule has 0 aliphatic heterocycles. The maximum Gasteiger partial charge on any atom is 0.312 e. The van der Waals surface area contributed by atoms with Crippen molar-refractivity contribution >= 4 is 17.0 Å². The number of aromatic nitrogens is 4. The lowest BCUT2D eigenvalue weighted by atomic mass is 10.1. The molecule has 0 bridgehead atoms. The van der Waals surface area contributed by atoms with Crippen molar-refractivity contribution in [2.45, 2.75) is 13.0 Å². The number of nitrogens with zero attached hydrogens (tertiary/aromatic N) is 4. The van der Waals surface area contributed by atoms with E-state index >= 15 is 0 Å². The van der Waals surface area contributed by atoms with Crippen molar-refractivity contribution in [2.75, 3.05) is 7.11 Å². The van der Waals surface area contributed by atoms with Crippen LogP contribution in [0.3, 0.4) is 0 Å². The zero-order chi connectivity index (χ0) is 20.4. The minimum Gasteiger partial charge on any atom is -0.496 e. The molecule has 4 rings (SSSR count). The number of ether oxygens (including phenoxy) is 2. The molecule has 0 aliphatic carbocycles. The molecule has 29 heavy (non-hydrogen) atoms. The molecule has 0 atom stereocenters. The average Bonchev–Trinajstić information content (AvgIpc) is 3.28. The van der Waals surface area contributed by atoms with E-state index in [2.05, 4.69) is 10.1 Å². The molecule has 4 aromatic rings. The van der Waals surface area contributed by atoms with Gasteiger partial charge in [-0.1, -0.05) is 18.2 Å². The Morgan fingerprint density at radius 3 is 2.76 bits per heavy atom. The number of para-hydroxylation sites is 1. The number of hydrogen-bond donors (Lipinski definition) is 0. The van der Waals surface area contributed by atoms with Gasteiger partial charge in [0.1, 0.15) is 12.4 Å².